The molecule has 1 fully saturated rings. The van der Waals surface area contributed by atoms with E-state index in [1.54, 1.807) is 30.3 Å². The van der Waals surface area contributed by atoms with E-state index in [2.05, 4.69) is 10.3 Å². The van der Waals surface area contributed by atoms with Gasteiger partial charge in [0.25, 0.3) is 5.91 Å². The van der Waals surface area contributed by atoms with Gasteiger partial charge in [0.2, 0.25) is 0 Å². The summed E-state index contributed by atoms with van der Waals surface area (Å²) in [7, 11) is 1.72. The van der Waals surface area contributed by atoms with Crippen LogP contribution in [0.3, 0.4) is 0 Å². The highest BCUT2D eigenvalue weighted by molar-refractivity contribution is 5.92. The predicted molar refractivity (Wildman–Crippen MR) is 75.5 cm³/mol. The number of carbonyl (C=O) groups is 1. The van der Waals surface area contributed by atoms with Crippen molar-refractivity contribution in [3.63, 3.8) is 0 Å². The molecule has 0 saturated carbocycles. The maximum Gasteiger partial charge on any atom is 0.276 e. The SMILES string of the molecule is Cn1cc(C(=O)N2CCN(c3ccccc3F)CC2)nn1. The molecule has 6 nitrogen and oxygen atoms in total. The van der Waals surface area contributed by atoms with Crippen molar-refractivity contribution in [3.8, 4) is 0 Å². The Morgan fingerprint density at radius 2 is 1.90 bits per heavy atom. The molecule has 3 rings (SSSR count). The first kappa shape index (κ1) is 13.5. The highest BCUT2D eigenvalue weighted by atomic mass is 19.1. The highest BCUT2D eigenvalue weighted by Gasteiger charge is 2.24. The van der Waals surface area contributed by atoms with Crippen molar-refractivity contribution in [2.75, 3.05) is 31.1 Å². The van der Waals surface area contributed by atoms with Gasteiger partial charge in [-0.15, -0.1) is 5.10 Å². The van der Waals surface area contributed by atoms with E-state index in [1.165, 1.54) is 10.7 Å². The van der Waals surface area contributed by atoms with Gasteiger partial charge in [-0.1, -0.05) is 17.3 Å². The van der Waals surface area contributed by atoms with Crippen LogP contribution in [-0.2, 0) is 7.05 Å². The zero-order valence-corrected chi connectivity index (χ0v) is 11.7. The Morgan fingerprint density at radius 1 is 1.19 bits per heavy atom. The molecule has 0 aliphatic carbocycles. The summed E-state index contributed by atoms with van der Waals surface area (Å²) in [5.41, 5.74) is 0.931. The molecule has 7 heteroatoms. The average molecular weight is 289 g/mol. The molecule has 1 aromatic heterocycles. The van der Waals surface area contributed by atoms with E-state index in [0.29, 0.717) is 37.6 Å². The molecule has 1 aliphatic heterocycles. The molecule has 0 unspecified atom stereocenters. The zero-order chi connectivity index (χ0) is 14.8. The van der Waals surface area contributed by atoms with Crippen LogP contribution in [0, 0.1) is 5.82 Å². The molecule has 0 spiro atoms. The molecule has 0 radical (unpaired) electrons. The minimum absolute atomic E-state index is 0.128. The second-order valence-corrected chi connectivity index (χ2v) is 5.01. The van der Waals surface area contributed by atoms with E-state index in [1.807, 2.05) is 11.0 Å². The van der Waals surface area contributed by atoms with E-state index in [-0.39, 0.29) is 11.7 Å². The van der Waals surface area contributed by atoms with Crippen LogP contribution in [0.5, 0.6) is 0 Å². The number of rotatable bonds is 2. The van der Waals surface area contributed by atoms with Crippen LogP contribution in [-0.4, -0.2) is 52.0 Å². The summed E-state index contributed by atoms with van der Waals surface area (Å²) in [6.07, 6.45) is 1.60. The lowest BCUT2D eigenvalue weighted by atomic mass is 10.2. The molecule has 0 bridgehead atoms. The molecule has 2 aromatic rings. The summed E-state index contributed by atoms with van der Waals surface area (Å²) in [4.78, 5) is 15.9. The van der Waals surface area contributed by atoms with E-state index in [4.69, 9.17) is 0 Å². The Kier molecular flexibility index (Phi) is 3.55. The molecule has 110 valence electrons. The van der Waals surface area contributed by atoms with Crippen molar-refractivity contribution >= 4 is 11.6 Å². The second-order valence-electron chi connectivity index (χ2n) is 5.01. The van der Waals surface area contributed by atoms with Crippen molar-refractivity contribution in [2.45, 2.75) is 0 Å². The summed E-state index contributed by atoms with van der Waals surface area (Å²) >= 11 is 0. The first-order valence-corrected chi connectivity index (χ1v) is 6.80. The number of piperazine rings is 1. The van der Waals surface area contributed by atoms with Crippen molar-refractivity contribution < 1.29 is 9.18 Å². The molecule has 1 aliphatic rings. The molecule has 0 atom stereocenters. The zero-order valence-electron chi connectivity index (χ0n) is 11.7. The number of aromatic nitrogens is 3. The van der Waals surface area contributed by atoms with E-state index < -0.39 is 0 Å². The van der Waals surface area contributed by atoms with Gasteiger partial charge in [0.1, 0.15) is 5.82 Å². The lowest BCUT2D eigenvalue weighted by Gasteiger charge is -2.35. The number of nitrogens with zero attached hydrogens (tertiary/aromatic N) is 5. The molecule has 0 N–H and O–H groups in total. The normalized spacial score (nSPS) is 15.3. The van der Waals surface area contributed by atoms with Crippen molar-refractivity contribution in [3.05, 3.63) is 42.0 Å². The van der Waals surface area contributed by atoms with Gasteiger partial charge in [0, 0.05) is 33.2 Å². The fourth-order valence-electron chi connectivity index (χ4n) is 2.47. The molecular formula is C14H16FN5O. The number of aryl methyl sites for hydroxylation is 1. The Hall–Kier alpha value is -2.44. The standard InChI is InChI=1S/C14H16FN5O/c1-18-10-12(16-17-18)14(21)20-8-6-19(7-9-20)13-5-3-2-4-11(13)15/h2-5,10H,6-9H2,1H3. The smallest absolute Gasteiger partial charge is 0.276 e. The van der Waals surface area contributed by atoms with Crippen molar-refractivity contribution in [2.24, 2.45) is 7.05 Å². The van der Waals surface area contributed by atoms with Gasteiger partial charge in [-0.3, -0.25) is 9.48 Å². The van der Waals surface area contributed by atoms with Gasteiger partial charge < -0.3 is 9.80 Å². The van der Waals surface area contributed by atoms with Gasteiger partial charge in [0.05, 0.1) is 11.9 Å². The monoisotopic (exact) mass is 289 g/mol. The minimum Gasteiger partial charge on any atom is -0.366 e. The third-order valence-electron chi connectivity index (χ3n) is 3.58. The largest absolute Gasteiger partial charge is 0.366 e. The van der Waals surface area contributed by atoms with Gasteiger partial charge in [-0.25, -0.2) is 4.39 Å². The number of para-hydroxylation sites is 1. The fraction of sp³-hybridized carbons (Fsp3) is 0.357. The maximum absolute atomic E-state index is 13.8. The highest BCUT2D eigenvalue weighted by Crippen LogP contribution is 2.20. The molecule has 1 aromatic carbocycles. The second kappa shape index (κ2) is 5.51. The summed E-state index contributed by atoms with van der Waals surface area (Å²) in [5, 5.41) is 7.60. The number of halogens is 1. The van der Waals surface area contributed by atoms with Crippen LogP contribution in [0.15, 0.2) is 30.5 Å². The summed E-state index contributed by atoms with van der Waals surface area (Å²) in [5.74, 6) is -0.359. The number of hydrogen-bond donors (Lipinski definition) is 0. The van der Waals surface area contributed by atoms with Gasteiger partial charge in [0.15, 0.2) is 5.69 Å². The molecule has 21 heavy (non-hydrogen) atoms. The number of carbonyl (C=O) groups excluding carboxylic acids is 1. The third-order valence-corrected chi connectivity index (χ3v) is 3.58. The first-order valence-electron chi connectivity index (χ1n) is 6.80. The van der Waals surface area contributed by atoms with Crippen molar-refractivity contribution in [1.82, 2.24) is 19.9 Å². The van der Waals surface area contributed by atoms with Crippen LogP contribution in [0.4, 0.5) is 10.1 Å². The Morgan fingerprint density at radius 3 is 2.52 bits per heavy atom. The van der Waals surface area contributed by atoms with Gasteiger partial charge in [-0.05, 0) is 12.1 Å². The summed E-state index contributed by atoms with van der Waals surface area (Å²) < 4.78 is 15.3. The minimum atomic E-state index is -0.230. The van der Waals surface area contributed by atoms with E-state index >= 15 is 0 Å². The number of hydrogen-bond acceptors (Lipinski definition) is 4. The molecule has 1 amide bonds. The topological polar surface area (TPSA) is 54.3 Å². The van der Waals surface area contributed by atoms with Crippen molar-refractivity contribution in [1.29, 1.82) is 0 Å². The van der Waals surface area contributed by atoms with E-state index in [9.17, 15) is 9.18 Å². The Bertz CT molecular complexity index is 648. The Labute approximate surface area is 121 Å². The maximum atomic E-state index is 13.8. The van der Waals surface area contributed by atoms with Gasteiger partial charge >= 0.3 is 0 Å². The lowest BCUT2D eigenvalue weighted by molar-refractivity contribution is 0.0740. The van der Waals surface area contributed by atoms with Crippen LogP contribution in [0.25, 0.3) is 0 Å². The first-order chi connectivity index (χ1) is 10.1. The quantitative estimate of drug-likeness (QED) is 0.825. The van der Waals surface area contributed by atoms with Crippen LogP contribution in [0.2, 0.25) is 0 Å². The molecule has 2 heterocycles. The van der Waals surface area contributed by atoms with Gasteiger partial charge in [-0.2, -0.15) is 0 Å². The number of amides is 1. The van der Waals surface area contributed by atoms with Crippen LogP contribution in [0.1, 0.15) is 10.5 Å². The fourth-order valence-corrected chi connectivity index (χ4v) is 2.47. The Balaban J connectivity index is 1.65. The molecular weight excluding hydrogens is 273 g/mol. The average Bonchev–Trinajstić information content (AvgIpc) is 2.94. The summed E-state index contributed by atoms with van der Waals surface area (Å²) in [6.45, 7) is 2.30. The summed E-state index contributed by atoms with van der Waals surface area (Å²) in [6, 6.07) is 6.70. The van der Waals surface area contributed by atoms with Crippen LogP contribution >= 0.6 is 0 Å². The predicted octanol–water partition coefficient (Wildman–Crippen LogP) is 0.917. The number of anilines is 1. The van der Waals surface area contributed by atoms with E-state index in [0.717, 1.165) is 0 Å². The lowest BCUT2D eigenvalue weighted by Crippen LogP contribution is -2.49. The third kappa shape index (κ3) is 2.72. The number of benzene rings is 1. The molecule has 1 saturated heterocycles. The van der Waals surface area contributed by atoms with Crippen LogP contribution < -0.4 is 4.90 Å².